The molecular formula is C26H18O7. The lowest BCUT2D eigenvalue weighted by Crippen LogP contribution is -2.07. The van der Waals surface area contributed by atoms with Crippen LogP contribution in [-0.2, 0) is 0 Å². The number of carbonyl (C=O) groups excluding carboxylic acids is 2. The van der Waals surface area contributed by atoms with Gasteiger partial charge in [-0.05, 0) is 48.0 Å². The van der Waals surface area contributed by atoms with E-state index in [9.17, 15) is 9.59 Å². The maximum atomic E-state index is 12.8. The number of allylic oxidation sites excluding steroid dienone is 1. The van der Waals surface area contributed by atoms with Gasteiger partial charge in [0, 0.05) is 11.5 Å². The normalized spacial score (nSPS) is 13.6. The summed E-state index contributed by atoms with van der Waals surface area (Å²) in [6.45, 7) is 0. The lowest BCUT2D eigenvalue weighted by molar-refractivity contribution is 0.0703. The second-order valence-electron chi connectivity index (χ2n) is 7.25. The van der Waals surface area contributed by atoms with Crippen molar-refractivity contribution in [3.8, 4) is 23.0 Å². The number of carbonyl (C=O) groups is 2. The molecule has 0 bridgehead atoms. The Morgan fingerprint density at radius 1 is 0.909 bits per heavy atom. The molecule has 0 atom stereocenters. The van der Waals surface area contributed by atoms with Gasteiger partial charge in [-0.2, -0.15) is 0 Å². The van der Waals surface area contributed by atoms with Crippen LogP contribution in [0.4, 0.5) is 0 Å². The Bertz CT molecular complexity index is 1390. The molecule has 0 amide bonds. The van der Waals surface area contributed by atoms with Crippen molar-refractivity contribution in [2.45, 2.75) is 0 Å². The Morgan fingerprint density at radius 3 is 2.52 bits per heavy atom. The molecule has 33 heavy (non-hydrogen) atoms. The van der Waals surface area contributed by atoms with Crippen LogP contribution in [0.1, 0.15) is 26.5 Å². The molecule has 164 valence electrons. The van der Waals surface area contributed by atoms with E-state index in [0.717, 1.165) is 5.39 Å². The predicted octanol–water partition coefficient (Wildman–Crippen LogP) is 5.29. The fraction of sp³-hybridized carbons (Fsp3) is 0.0769. The molecule has 7 nitrogen and oxygen atoms in total. The Morgan fingerprint density at radius 2 is 1.73 bits per heavy atom. The van der Waals surface area contributed by atoms with E-state index < -0.39 is 5.97 Å². The highest BCUT2D eigenvalue weighted by molar-refractivity contribution is 6.14. The number of methoxy groups -OCH3 is 2. The third kappa shape index (κ3) is 3.80. The zero-order chi connectivity index (χ0) is 22.9. The fourth-order valence-corrected chi connectivity index (χ4v) is 3.56. The van der Waals surface area contributed by atoms with Gasteiger partial charge < -0.3 is 23.4 Å². The summed E-state index contributed by atoms with van der Waals surface area (Å²) in [5, 5.41) is 0.803. The van der Waals surface area contributed by atoms with Gasteiger partial charge in [-0.3, -0.25) is 4.79 Å². The van der Waals surface area contributed by atoms with Gasteiger partial charge >= 0.3 is 5.97 Å². The van der Waals surface area contributed by atoms with E-state index in [1.165, 1.54) is 13.2 Å². The van der Waals surface area contributed by atoms with Crippen LogP contribution in [0.25, 0.3) is 17.0 Å². The highest BCUT2D eigenvalue weighted by Crippen LogP contribution is 2.36. The number of para-hydroxylation sites is 1. The molecule has 0 aliphatic carbocycles. The molecule has 3 aromatic carbocycles. The van der Waals surface area contributed by atoms with E-state index in [1.54, 1.807) is 55.7 Å². The van der Waals surface area contributed by atoms with Crippen LogP contribution >= 0.6 is 0 Å². The van der Waals surface area contributed by atoms with Crippen LogP contribution in [0.2, 0.25) is 0 Å². The molecule has 0 radical (unpaired) electrons. The molecule has 5 rings (SSSR count). The molecule has 0 saturated heterocycles. The Labute approximate surface area is 188 Å². The maximum absolute atomic E-state index is 12.8. The lowest BCUT2D eigenvalue weighted by Gasteiger charge is -2.08. The molecule has 0 unspecified atom stereocenters. The smallest absolute Gasteiger partial charge is 0.379 e. The van der Waals surface area contributed by atoms with Gasteiger partial charge in [0.25, 0.3) is 0 Å². The third-order valence-corrected chi connectivity index (χ3v) is 5.18. The molecule has 0 fully saturated rings. The molecule has 0 spiro atoms. The number of rotatable bonds is 5. The molecule has 0 N–H and O–H groups in total. The highest BCUT2D eigenvalue weighted by Gasteiger charge is 2.28. The largest absolute Gasteiger partial charge is 0.493 e. The topological polar surface area (TPSA) is 84.2 Å². The monoisotopic (exact) mass is 442 g/mol. The second-order valence-corrected chi connectivity index (χ2v) is 7.25. The zero-order valence-electron chi connectivity index (χ0n) is 17.8. The number of furan rings is 1. The summed E-state index contributed by atoms with van der Waals surface area (Å²) < 4.78 is 27.3. The number of ether oxygens (including phenoxy) is 4. The van der Waals surface area contributed by atoms with E-state index in [1.807, 2.05) is 18.2 Å². The minimum Gasteiger partial charge on any atom is -0.493 e. The SMILES string of the molecule is COc1ccc(/C=C2\Oc3cc(OC(=O)c4cc5ccccc5o4)ccc3C2=O)cc1OC. The molecule has 4 aromatic rings. The van der Waals surface area contributed by atoms with Gasteiger partial charge in [-0.15, -0.1) is 0 Å². The van der Waals surface area contributed by atoms with Crippen LogP contribution in [0, 0.1) is 0 Å². The van der Waals surface area contributed by atoms with Gasteiger partial charge in [0.05, 0.1) is 19.8 Å². The summed E-state index contributed by atoms with van der Waals surface area (Å²) in [6.07, 6.45) is 1.62. The Hall–Kier alpha value is -4.52. The van der Waals surface area contributed by atoms with Crippen molar-refractivity contribution >= 4 is 28.8 Å². The van der Waals surface area contributed by atoms with E-state index in [0.29, 0.717) is 34.0 Å². The second kappa shape index (κ2) is 8.20. The first kappa shape index (κ1) is 20.4. The van der Waals surface area contributed by atoms with Crippen molar-refractivity contribution in [3.05, 3.63) is 89.4 Å². The van der Waals surface area contributed by atoms with Crippen molar-refractivity contribution in [3.63, 3.8) is 0 Å². The minimum absolute atomic E-state index is 0.0859. The van der Waals surface area contributed by atoms with Crippen LogP contribution < -0.4 is 18.9 Å². The molecule has 2 heterocycles. The van der Waals surface area contributed by atoms with Gasteiger partial charge in [-0.25, -0.2) is 4.79 Å². The average Bonchev–Trinajstić information content (AvgIpc) is 3.40. The summed E-state index contributed by atoms with van der Waals surface area (Å²) >= 11 is 0. The summed E-state index contributed by atoms with van der Waals surface area (Å²) in [4.78, 5) is 25.3. The summed E-state index contributed by atoms with van der Waals surface area (Å²) in [6, 6.07) is 18.8. The number of Topliss-reactive ketones (excluding diaryl/α,β-unsaturated/α-hetero) is 1. The number of hydrogen-bond acceptors (Lipinski definition) is 7. The van der Waals surface area contributed by atoms with Crippen LogP contribution in [0.3, 0.4) is 0 Å². The van der Waals surface area contributed by atoms with Gasteiger partial charge in [0.15, 0.2) is 17.3 Å². The van der Waals surface area contributed by atoms with E-state index in [2.05, 4.69) is 0 Å². The van der Waals surface area contributed by atoms with E-state index in [4.69, 9.17) is 23.4 Å². The van der Waals surface area contributed by atoms with Crippen molar-refractivity contribution < 1.29 is 33.0 Å². The molecule has 0 saturated carbocycles. The number of fused-ring (bicyclic) bond motifs is 2. The van der Waals surface area contributed by atoms with Gasteiger partial charge in [0.2, 0.25) is 11.5 Å². The third-order valence-electron chi connectivity index (χ3n) is 5.18. The quantitative estimate of drug-likeness (QED) is 0.236. The highest BCUT2D eigenvalue weighted by atomic mass is 16.5. The summed E-state index contributed by atoms with van der Waals surface area (Å²) in [5.41, 5.74) is 1.68. The van der Waals surface area contributed by atoms with E-state index >= 15 is 0 Å². The Kier molecular flexibility index (Phi) is 5.06. The van der Waals surface area contributed by atoms with E-state index in [-0.39, 0.29) is 23.1 Å². The van der Waals surface area contributed by atoms with Gasteiger partial charge in [-0.1, -0.05) is 24.3 Å². The standard InChI is InChI=1S/C26H18O7/c1-29-20-10-7-15(11-22(20)30-2)12-23-25(27)18-9-8-17(14-21(18)33-23)31-26(28)24-13-16-5-3-4-6-19(16)32-24/h3-14H,1-2H3/b23-12-. The minimum atomic E-state index is -0.642. The van der Waals surface area contributed by atoms with Crippen molar-refractivity contribution in [2.75, 3.05) is 14.2 Å². The van der Waals surface area contributed by atoms with Crippen LogP contribution in [-0.4, -0.2) is 26.0 Å². The lowest BCUT2D eigenvalue weighted by atomic mass is 10.1. The summed E-state index contributed by atoms with van der Waals surface area (Å²) in [5.74, 6) is 0.986. The van der Waals surface area contributed by atoms with Crippen molar-refractivity contribution in [1.29, 1.82) is 0 Å². The first-order valence-corrected chi connectivity index (χ1v) is 10.1. The molecular weight excluding hydrogens is 424 g/mol. The first-order chi connectivity index (χ1) is 16.1. The van der Waals surface area contributed by atoms with Crippen molar-refractivity contribution in [1.82, 2.24) is 0 Å². The molecule has 1 aliphatic rings. The number of ketones is 1. The number of esters is 1. The zero-order valence-corrected chi connectivity index (χ0v) is 17.8. The maximum Gasteiger partial charge on any atom is 0.379 e. The molecule has 1 aromatic heterocycles. The first-order valence-electron chi connectivity index (χ1n) is 10.1. The fourth-order valence-electron chi connectivity index (χ4n) is 3.56. The van der Waals surface area contributed by atoms with Crippen LogP contribution in [0.5, 0.6) is 23.0 Å². The van der Waals surface area contributed by atoms with Crippen molar-refractivity contribution in [2.24, 2.45) is 0 Å². The number of benzene rings is 3. The predicted molar refractivity (Wildman–Crippen MR) is 120 cm³/mol. The summed E-state index contributed by atoms with van der Waals surface area (Å²) in [7, 11) is 3.09. The Balaban J connectivity index is 1.36. The van der Waals surface area contributed by atoms with Gasteiger partial charge in [0.1, 0.15) is 17.1 Å². The van der Waals surface area contributed by atoms with Crippen LogP contribution in [0.15, 0.2) is 76.9 Å². The molecule has 1 aliphatic heterocycles. The average molecular weight is 442 g/mol. The molecule has 7 heteroatoms. The number of hydrogen-bond donors (Lipinski definition) is 0.